The zero-order valence-electron chi connectivity index (χ0n) is 17.4. The second-order valence-electron chi connectivity index (χ2n) is 7.15. The van der Waals surface area contributed by atoms with Gasteiger partial charge in [-0.15, -0.1) is 0 Å². The van der Waals surface area contributed by atoms with Crippen LogP contribution >= 0.6 is 11.6 Å². The number of amides is 4. The van der Waals surface area contributed by atoms with Crippen molar-refractivity contribution >= 4 is 46.9 Å². The number of barbiturate groups is 1. The van der Waals surface area contributed by atoms with Crippen LogP contribution in [0.5, 0.6) is 5.75 Å². The van der Waals surface area contributed by atoms with E-state index in [1.807, 2.05) is 12.1 Å². The minimum Gasteiger partial charge on any atom is -0.488 e. The van der Waals surface area contributed by atoms with Crippen molar-refractivity contribution in [2.24, 2.45) is 0 Å². The van der Waals surface area contributed by atoms with Crippen LogP contribution in [0, 0.1) is 10.1 Å². The maximum Gasteiger partial charge on any atom is 0.335 e. The highest BCUT2D eigenvalue weighted by Gasteiger charge is 2.37. The highest BCUT2D eigenvalue weighted by atomic mass is 35.5. The number of hydrogen-bond donors (Lipinski definition) is 1. The van der Waals surface area contributed by atoms with Crippen LogP contribution in [0.2, 0.25) is 5.02 Å². The van der Waals surface area contributed by atoms with Gasteiger partial charge in [0.25, 0.3) is 17.5 Å². The first kappa shape index (κ1) is 22.7. The number of hydrogen-bond acceptors (Lipinski definition) is 6. The lowest BCUT2D eigenvalue weighted by atomic mass is 10.1. The molecule has 0 unspecified atom stereocenters. The average molecular weight is 478 g/mol. The van der Waals surface area contributed by atoms with Gasteiger partial charge in [0.1, 0.15) is 17.9 Å². The molecule has 0 saturated carbocycles. The van der Waals surface area contributed by atoms with E-state index in [1.54, 1.807) is 36.4 Å². The number of non-ortho nitro benzene ring substituents is 1. The van der Waals surface area contributed by atoms with Crippen LogP contribution in [-0.4, -0.2) is 22.8 Å². The normalized spacial score (nSPS) is 14.8. The predicted molar refractivity (Wildman–Crippen MR) is 124 cm³/mol. The Morgan fingerprint density at radius 3 is 2.50 bits per heavy atom. The molecule has 4 amide bonds. The number of nitro benzene ring substituents is 1. The number of urea groups is 1. The lowest BCUT2D eigenvalue weighted by Gasteiger charge is -2.26. The fourth-order valence-corrected chi connectivity index (χ4v) is 3.49. The smallest absolute Gasteiger partial charge is 0.335 e. The van der Waals surface area contributed by atoms with Gasteiger partial charge in [0.2, 0.25) is 0 Å². The molecule has 3 aromatic rings. The van der Waals surface area contributed by atoms with Crippen LogP contribution in [0.1, 0.15) is 11.1 Å². The van der Waals surface area contributed by atoms with Gasteiger partial charge in [-0.05, 0) is 24.3 Å². The molecule has 0 radical (unpaired) electrons. The third-order valence-corrected chi connectivity index (χ3v) is 5.33. The van der Waals surface area contributed by atoms with E-state index in [1.165, 1.54) is 24.3 Å². The van der Waals surface area contributed by atoms with Gasteiger partial charge in [-0.1, -0.05) is 54.1 Å². The number of carbonyl (C=O) groups is 3. The number of nitrogens with zero attached hydrogens (tertiary/aromatic N) is 2. The van der Waals surface area contributed by atoms with E-state index in [-0.39, 0.29) is 23.6 Å². The Balaban J connectivity index is 1.66. The first-order valence-electron chi connectivity index (χ1n) is 9.96. The molecule has 1 aliphatic heterocycles. The van der Waals surface area contributed by atoms with Gasteiger partial charge in [-0.2, -0.15) is 0 Å². The summed E-state index contributed by atoms with van der Waals surface area (Å²) in [6, 6.07) is 17.9. The second-order valence-corrected chi connectivity index (χ2v) is 7.56. The molecular weight excluding hydrogens is 462 g/mol. The molecule has 1 saturated heterocycles. The van der Waals surface area contributed by atoms with Crippen molar-refractivity contribution in [1.29, 1.82) is 0 Å². The molecule has 170 valence electrons. The highest BCUT2D eigenvalue weighted by molar-refractivity contribution is 6.39. The highest BCUT2D eigenvalue weighted by Crippen LogP contribution is 2.28. The third kappa shape index (κ3) is 4.64. The quantitative estimate of drug-likeness (QED) is 0.242. The van der Waals surface area contributed by atoms with Crippen molar-refractivity contribution in [3.8, 4) is 5.75 Å². The summed E-state index contributed by atoms with van der Waals surface area (Å²) in [4.78, 5) is 49.1. The van der Waals surface area contributed by atoms with Crippen molar-refractivity contribution in [3.63, 3.8) is 0 Å². The van der Waals surface area contributed by atoms with Gasteiger partial charge in [0.05, 0.1) is 10.6 Å². The SMILES string of the molecule is O=C1NC(=O)N(c2cccc([N+](=O)[O-])c2)C(=O)/C1=C\c1ccccc1OCc1ccccc1Cl. The van der Waals surface area contributed by atoms with E-state index >= 15 is 0 Å². The second kappa shape index (κ2) is 9.55. The molecule has 1 fully saturated rings. The minimum absolute atomic E-state index is 0.0432. The lowest BCUT2D eigenvalue weighted by molar-refractivity contribution is -0.384. The molecule has 1 aliphatic rings. The summed E-state index contributed by atoms with van der Waals surface area (Å²) in [5, 5.41) is 13.7. The first-order valence-corrected chi connectivity index (χ1v) is 10.3. The van der Waals surface area contributed by atoms with Gasteiger partial charge >= 0.3 is 6.03 Å². The molecule has 0 bridgehead atoms. The summed E-state index contributed by atoms with van der Waals surface area (Å²) >= 11 is 6.17. The van der Waals surface area contributed by atoms with Gasteiger partial charge in [0, 0.05) is 28.3 Å². The van der Waals surface area contributed by atoms with E-state index in [4.69, 9.17) is 16.3 Å². The lowest BCUT2D eigenvalue weighted by Crippen LogP contribution is -2.54. The zero-order chi connectivity index (χ0) is 24.2. The van der Waals surface area contributed by atoms with Gasteiger partial charge in [-0.25, -0.2) is 9.69 Å². The topological polar surface area (TPSA) is 119 Å². The van der Waals surface area contributed by atoms with Gasteiger partial charge in [0.15, 0.2) is 0 Å². The Morgan fingerprint density at radius 2 is 1.74 bits per heavy atom. The molecule has 0 aliphatic carbocycles. The Labute approximate surface area is 198 Å². The number of halogens is 1. The maximum absolute atomic E-state index is 13.1. The van der Waals surface area contributed by atoms with E-state index < -0.39 is 22.8 Å². The molecule has 0 aromatic heterocycles. The molecule has 0 spiro atoms. The molecule has 1 heterocycles. The first-order chi connectivity index (χ1) is 16.3. The van der Waals surface area contributed by atoms with Crippen molar-refractivity contribution in [2.75, 3.05) is 4.90 Å². The van der Waals surface area contributed by atoms with E-state index in [0.29, 0.717) is 21.2 Å². The molecule has 4 rings (SSSR count). The van der Waals surface area contributed by atoms with E-state index in [2.05, 4.69) is 5.32 Å². The van der Waals surface area contributed by atoms with E-state index in [0.717, 1.165) is 11.6 Å². The molecule has 3 aromatic carbocycles. The molecule has 0 atom stereocenters. The van der Waals surface area contributed by atoms with Gasteiger partial charge in [-0.3, -0.25) is 25.0 Å². The number of ether oxygens (including phenoxy) is 1. The number of anilines is 1. The monoisotopic (exact) mass is 477 g/mol. The van der Waals surface area contributed by atoms with Crippen molar-refractivity contribution in [1.82, 2.24) is 5.32 Å². The van der Waals surface area contributed by atoms with Crippen LogP contribution in [0.25, 0.3) is 6.08 Å². The Kier molecular flexibility index (Phi) is 6.37. The number of nitrogens with one attached hydrogen (secondary N) is 1. The maximum atomic E-state index is 13.1. The van der Waals surface area contributed by atoms with Gasteiger partial charge < -0.3 is 4.74 Å². The van der Waals surface area contributed by atoms with Crippen molar-refractivity contribution in [2.45, 2.75) is 6.61 Å². The van der Waals surface area contributed by atoms with Crippen molar-refractivity contribution < 1.29 is 24.0 Å². The van der Waals surface area contributed by atoms with Crippen molar-refractivity contribution in [3.05, 3.63) is 105 Å². The predicted octanol–water partition coefficient (Wildman–Crippen LogP) is 4.49. The summed E-state index contributed by atoms with van der Waals surface area (Å²) in [5.74, 6) is -1.43. The minimum atomic E-state index is -1.00. The van der Waals surface area contributed by atoms with Crippen LogP contribution in [-0.2, 0) is 16.2 Å². The summed E-state index contributed by atoms with van der Waals surface area (Å²) in [6.07, 6.45) is 1.30. The number of imide groups is 2. The number of nitro groups is 1. The molecule has 9 nitrogen and oxygen atoms in total. The van der Waals surface area contributed by atoms with E-state index in [9.17, 15) is 24.5 Å². The number of rotatable bonds is 6. The summed E-state index contributed by atoms with van der Waals surface area (Å²) in [5.41, 5.74) is 0.485. The van der Waals surface area contributed by atoms with Crippen LogP contribution in [0.3, 0.4) is 0 Å². The molecule has 34 heavy (non-hydrogen) atoms. The number of carbonyl (C=O) groups excluding carboxylic acids is 3. The Bertz CT molecular complexity index is 1350. The summed E-state index contributed by atoms with van der Waals surface area (Å²) in [6.45, 7) is 0.151. The van der Waals surface area contributed by atoms with Crippen LogP contribution < -0.4 is 15.0 Å². The largest absolute Gasteiger partial charge is 0.488 e. The number of para-hydroxylation sites is 1. The molecule has 1 N–H and O–H groups in total. The Hall–Kier alpha value is -4.50. The fraction of sp³-hybridized carbons (Fsp3) is 0.0417. The summed E-state index contributed by atoms with van der Waals surface area (Å²) in [7, 11) is 0. The number of benzene rings is 3. The average Bonchev–Trinajstić information content (AvgIpc) is 2.82. The van der Waals surface area contributed by atoms with Crippen LogP contribution in [0.15, 0.2) is 78.4 Å². The zero-order valence-corrected chi connectivity index (χ0v) is 18.2. The van der Waals surface area contributed by atoms with Crippen LogP contribution in [0.4, 0.5) is 16.2 Å². The third-order valence-electron chi connectivity index (χ3n) is 4.96. The summed E-state index contributed by atoms with van der Waals surface area (Å²) < 4.78 is 5.86. The standard InChI is InChI=1S/C24H16ClN3O6/c25-20-10-3-1-7-16(20)14-34-21-11-4-2-6-15(21)12-19-22(29)26-24(31)27(23(19)30)17-8-5-9-18(13-17)28(32)33/h1-13H,14H2,(H,26,29,31)/b19-12-. The fourth-order valence-electron chi connectivity index (χ4n) is 3.30. The molecular formula is C24H16ClN3O6. The Morgan fingerprint density at radius 1 is 1.00 bits per heavy atom. The molecule has 10 heteroatoms.